The number of hydrogen-bond acceptors (Lipinski definition) is 0. The molecule has 0 radical (unpaired) electrons. The molecule has 0 aromatic carbocycles. The molecule has 12 heavy (non-hydrogen) atoms. The van der Waals surface area contributed by atoms with Crippen LogP contribution in [0, 0.1) is 5.92 Å². The first kappa shape index (κ1) is 9.31. The highest BCUT2D eigenvalue weighted by Gasteiger charge is 2.15. The van der Waals surface area contributed by atoms with Gasteiger partial charge in [0, 0.05) is 0 Å². The Morgan fingerprint density at radius 1 is 1.17 bits per heavy atom. The monoisotopic (exact) mass is 162 g/mol. The van der Waals surface area contributed by atoms with Crippen LogP contribution >= 0.6 is 0 Å². The van der Waals surface area contributed by atoms with E-state index in [4.69, 9.17) is 0 Å². The predicted molar refractivity (Wildman–Crippen MR) is 55.1 cm³/mol. The highest BCUT2D eigenvalue weighted by atomic mass is 14.2. The van der Waals surface area contributed by atoms with Crippen molar-refractivity contribution in [2.75, 3.05) is 0 Å². The second kappa shape index (κ2) is 4.30. The van der Waals surface area contributed by atoms with E-state index in [1.807, 2.05) is 6.92 Å². The fraction of sp³-hybridized carbons (Fsp3) is 0.500. The van der Waals surface area contributed by atoms with Crippen LogP contribution in [0.25, 0.3) is 0 Å². The summed E-state index contributed by atoms with van der Waals surface area (Å²) < 4.78 is 0. The van der Waals surface area contributed by atoms with Gasteiger partial charge < -0.3 is 0 Å². The minimum atomic E-state index is 0.751. The molecule has 0 aromatic rings. The molecule has 0 nitrogen and oxygen atoms in total. The zero-order valence-electron chi connectivity index (χ0n) is 7.97. The summed E-state index contributed by atoms with van der Waals surface area (Å²) >= 11 is 0. The van der Waals surface area contributed by atoms with Crippen molar-refractivity contribution < 1.29 is 0 Å². The Balaban J connectivity index is 2.42. The highest BCUT2D eigenvalue weighted by Crippen LogP contribution is 2.30. The molecule has 1 aliphatic carbocycles. The molecule has 0 amide bonds. The molecule has 0 N–H and O–H groups in total. The Morgan fingerprint density at radius 2 is 1.75 bits per heavy atom. The van der Waals surface area contributed by atoms with E-state index in [2.05, 4.69) is 25.3 Å². The SMILES string of the molecule is C=C(C)/C=C\C(=C)C1CCCC1. The van der Waals surface area contributed by atoms with Gasteiger partial charge in [-0.2, -0.15) is 0 Å². The molecule has 0 atom stereocenters. The summed E-state index contributed by atoms with van der Waals surface area (Å²) in [6.45, 7) is 9.92. The van der Waals surface area contributed by atoms with Crippen LogP contribution in [0.2, 0.25) is 0 Å². The van der Waals surface area contributed by atoms with Crippen LogP contribution in [0.5, 0.6) is 0 Å². The molecule has 0 spiro atoms. The van der Waals surface area contributed by atoms with Gasteiger partial charge in [-0.1, -0.05) is 49.3 Å². The maximum Gasteiger partial charge on any atom is -0.0168 e. The van der Waals surface area contributed by atoms with Crippen molar-refractivity contribution in [3.05, 3.63) is 36.5 Å². The van der Waals surface area contributed by atoms with E-state index in [1.54, 1.807) is 0 Å². The van der Waals surface area contributed by atoms with Gasteiger partial charge in [0.05, 0.1) is 0 Å². The Kier molecular flexibility index (Phi) is 3.33. The predicted octanol–water partition coefficient (Wildman–Crippen LogP) is 3.87. The van der Waals surface area contributed by atoms with Gasteiger partial charge in [-0.15, -0.1) is 0 Å². The molecular formula is C12H18. The third-order valence-electron chi connectivity index (χ3n) is 2.46. The Hall–Kier alpha value is -0.780. The minimum absolute atomic E-state index is 0.751. The average molecular weight is 162 g/mol. The zero-order valence-corrected chi connectivity index (χ0v) is 7.97. The molecule has 1 saturated carbocycles. The maximum atomic E-state index is 4.08. The summed E-state index contributed by atoms with van der Waals surface area (Å²) in [6.07, 6.45) is 9.60. The Labute approximate surface area is 75.7 Å². The summed E-state index contributed by atoms with van der Waals surface area (Å²) in [5.41, 5.74) is 2.39. The molecule has 0 aliphatic heterocycles. The van der Waals surface area contributed by atoms with Gasteiger partial charge in [-0.05, 0) is 25.7 Å². The van der Waals surface area contributed by atoms with E-state index in [0.29, 0.717) is 0 Å². The van der Waals surface area contributed by atoms with Gasteiger partial charge in [0.25, 0.3) is 0 Å². The lowest BCUT2D eigenvalue weighted by molar-refractivity contribution is 0.660. The molecule has 0 saturated heterocycles. The average Bonchev–Trinajstić information content (AvgIpc) is 2.51. The van der Waals surface area contributed by atoms with Crippen molar-refractivity contribution in [2.24, 2.45) is 5.92 Å². The molecule has 0 heteroatoms. The standard InChI is InChI=1S/C12H18/c1-10(2)8-9-11(3)12-6-4-5-7-12/h8-9,12H,1,3-7H2,2H3/b9-8-. The Morgan fingerprint density at radius 3 is 2.25 bits per heavy atom. The van der Waals surface area contributed by atoms with Crippen LogP contribution in [0.1, 0.15) is 32.6 Å². The van der Waals surface area contributed by atoms with Crippen molar-refractivity contribution in [3.63, 3.8) is 0 Å². The third kappa shape index (κ3) is 2.69. The second-order valence-electron chi connectivity index (χ2n) is 3.74. The van der Waals surface area contributed by atoms with Crippen LogP contribution in [-0.2, 0) is 0 Å². The first-order chi connectivity index (χ1) is 5.70. The van der Waals surface area contributed by atoms with Crippen LogP contribution in [-0.4, -0.2) is 0 Å². The second-order valence-corrected chi connectivity index (χ2v) is 3.74. The van der Waals surface area contributed by atoms with E-state index in [9.17, 15) is 0 Å². The van der Waals surface area contributed by atoms with Crippen LogP contribution < -0.4 is 0 Å². The normalized spacial score (nSPS) is 18.8. The summed E-state index contributed by atoms with van der Waals surface area (Å²) in [5.74, 6) is 0.751. The molecule has 1 fully saturated rings. The lowest BCUT2D eigenvalue weighted by Gasteiger charge is -2.07. The number of allylic oxidation sites excluding steroid dienone is 4. The lowest BCUT2D eigenvalue weighted by atomic mass is 9.98. The van der Waals surface area contributed by atoms with Gasteiger partial charge in [0.1, 0.15) is 0 Å². The third-order valence-corrected chi connectivity index (χ3v) is 2.46. The molecular weight excluding hydrogens is 144 g/mol. The number of hydrogen-bond donors (Lipinski definition) is 0. The van der Waals surface area contributed by atoms with Gasteiger partial charge in [0.2, 0.25) is 0 Å². The lowest BCUT2D eigenvalue weighted by Crippen LogP contribution is -1.93. The van der Waals surface area contributed by atoms with Crippen LogP contribution in [0.15, 0.2) is 36.5 Å². The van der Waals surface area contributed by atoms with Crippen molar-refractivity contribution in [3.8, 4) is 0 Å². The zero-order chi connectivity index (χ0) is 8.97. The maximum absolute atomic E-state index is 4.08. The van der Waals surface area contributed by atoms with Crippen molar-refractivity contribution in [1.29, 1.82) is 0 Å². The van der Waals surface area contributed by atoms with E-state index >= 15 is 0 Å². The molecule has 0 bridgehead atoms. The van der Waals surface area contributed by atoms with Gasteiger partial charge in [-0.3, -0.25) is 0 Å². The molecule has 0 aromatic heterocycles. The van der Waals surface area contributed by atoms with E-state index in [1.165, 1.54) is 31.3 Å². The highest BCUT2D eigenvalue weighted by molar-refractivity contribution is 5.25. The fourth-order valence-corrected chi connectivity index (χ4v) is 1.68. The topological polar surface area (TPSA) is 0 Å². The largest absolute Gasteiger partial charge is 0.0961 e. The number of rotatable bonds is 3. The smallest absolute Gasteiger partial charge is 0.0168 e. The van der Waals surface area contributed by atoms with E-state index in [0.717, 1.165) is 11.5 Å². The van der Waals surface area contributed by atoms with Crippen molar-refractivity contribution in [1.82, 2.24) is 0 Å². The van der Waals surface area contributed by atoms with Gasteiger partial charge in [-0.25, -0.2) is 0 Å². The first-order valence-electron chi connectivity index (χ1n) is 4.72. The fourth-order valence-electron chi connectivity index (χ4n) is 1.68. The molecule has 1 aliphatic rings. The molecule has 0 heterocycles. The summed E-state index contributed by atoms with van der Waals surface area (Å²) in [5, 5.41) is 0. The van der Waals surface area contributed by atoms with Crippen molar-refractivity contribution in [2.45, 2.75) is 32.6 Å². The van der Waals surface area contributed by atoms with Gasteiger partial charge >= 0.3 is 0 Å². The minimum Gasteiger partial charge on any atom is -0.0961 e. The summed E-state index contributed by atoms with van der Waals surface area (Å²) in [4.78, 5) is 0. The van der Waals surface area contributed by atoms with Crippen LogP contribution in [0.3, 0.4) is 0 Å². The van der Waals surface area contributed by atoms with Gasteiger partial charge in [0.15, 0.2) is 0 Å². The van der Waals surface area contributed by atoms with E-state index < -0.39 is 0 Å². The first-order valence-corrected chi connectivity index (χ1v) is 4.72. The van der Waals surface area contributed by atoms with Crippen LogP contribution in [0.4, 0.5) is 0 Å². The quantitative estimate of drug-likeness (QED) is 0.553. The summed E-state index contributed by atoms with van der Waals surface area (Å²) in [7, 11) is 0. The van der Waals surface area contributed by atoms with Crippen molar-refractivity contribution >= 4 is 0 Å². The Bertz CT molecular complexity index is 202. The molecule has 1 rings (SSSR count). The van der Waals surface area contributed by atoms with E-state index in [-0.39, 0.29) is 0 Å². The summed E-state index contributed by atoms with van der Waals surface area (Å²) in [6, 6.07) is 0. The molecule has 0 unspecified atom stereocenters. The molecule has 66 valence electrons.